The topological polar surface area (TPSA) is 83.2 Å². The van der Waals surface area contributed by atoms with Gasteiger partial charge in [0.05, 0.1) is 6.61 Å². The summed E-state index contributed by atoms with van der Waals surface area (Å²) in [5.74, 6) is 0.674. The number of amides is 2. The predicted octanol–water partition coefficient (Wildman–Crippen LogP) is 1.53. The summed E-state index contributed by atoms with van der Waals surface area (Å²) in [7, 11) is 1.62. The third kappa shape index (κ3) is 2.88. The number of aryl methyl sites for hydroxylation is 1. The fourth-order valence-corrected chi connectivity index (χ4v) is 3.16. The molecule has 0 atom stereocenters. The number of rotatable bonds is 4. The quantitative estimate of drug-likeness (QED) is 0.800. The average Bonchev–Trinajstić information content (AvgIpc) is 2.93. The van der Waals surface area contributed by atoms with Gasteiger partial charge in [0.1, 0.15) is 11.4 Å². The van der Waals surface area contributed by atoms with Crippen molar-refractivity contribution >= 4 is 22.7 Å². The van der Waals surface area contributed by atoms with Crippen molar-refractivity contribution in [2.75, 3.05) is 20.2 Å². The molecule has 1 aliphatic rings. The summed E-state index contributed by atoms with van der Waals surface area (Å²) in [5, 5.41) is 6.53. The standard InChI is InChI=1S/C17H21N3O3/c1-10(21)19-8-7-12-15-11-4-3-9-23-14(11)6-5-13(15)20-16(12)17(22)18-2/h5-6,20H,3-4,7-9H2,1-2H3,(H,18,22)(H,19,21). The van der Waals surface area contributed by atoms with Crippen molar-refractivity contribution in [3.63, 3.8) is 0 Å². The number of aromatic nitrogens is 1. The first-order valence-corrected chi connectivity index (χ1v) is 7.87. The van der Waals surface area contributed by atoms with E-state index in [0.29, 0.717) is 18.7 Å². The maximum atomic E-state index is 12.2. The number of ether oxygens (including phenoxy) is 1. The van der Waals surface area contributed by atoms with Crippen LogP contribution in [-0.2, 0) is 17.6 Å². The second-order valence-corrected chi connectivity index (χ2v) is 5.71. The van der Waals surface area contributed by atoms with Crippen molar-refractivity contribution in [2.24, 2.45) is 0 Å². The molecule has 0 fully saturated rings. The van der Waals surface area contributed by atoms with Crippen LogP contribution in [0.2, 0.25) is 0 Å². The van der Waals surface area contributed by atoms with E-state index in [2.05, 4.69) is 15.6 Å². The van der Waals surface area contributed by atoms with E-state index in [9.17, 15) is 9.59 Å². The second-order valence-electron chi connectivity index (χ2n) is 5.71. The van der Waals surface area contributed by atoms with E-state index in [0.717, 1.165) is 47.2 Å². The van der Waals surface area contributed by atoms with Crippen molar-refractivity contribution in [2.45, 2.75) is 26.2 Å². The third-order valence-electron chi connectivity index (χ3n) is 4.16. The summed E-state index contributed by atoms with van der Waals surface area (Å²) in [6.45, 7) is 2.72. The van der Waals surface area contributed by atoms with Crippen LogP contribution in [0.25, 0.3) is 10.9 Å². The molecule has 122 valence electrons. The minimum atomic E-state index is -0.149. The van der Waals surface area contributed by atoms with Crippen molar-refractivity contribution in [1.82, 2.24) is 15.6 Å². The van der Waals surface area contributed by atoms with Gasteiger partial charge in [-0.05, 0) is 37.0 Å². The molecule has 0 spiro atoms. The van der Waals surface area contributed by atoms with Gasteiger partial charge in [-0.3, -0.25) is 9.59 Å². The molecule has 0 unspecified atom stereocenters. The van der Waals surface area contributed by atoms with Crippen molar-refractivity contribution in [3.8, 4) is 5.75 Å². The first-order valence-electron chi connectivity index (χ1n) is 7.87. The third-order valence-corrected chi connectivity index (χ3v) is 4.16. The highest BCUT2D eigenvalue weighted by molar-refractivity contribution is 6.02. The van der Waals surface area contributed by atoms with Crippen molar-refractivity contribution in [1.29, 1.82) is 0 Å². The zero-order valence-corrected chi connectivity index (χ0v) is 13.4. The number of hydrogen-bond donors (Lipinski definition) is 3. The minimum absolute atomic E-state index is 0.0725. The Morgan fingerprint density at radius 2 is 2.17 bits per heavy atom. The number of hydrogen-bond acceptors (Lipinski definition) is 3. The number of H-pyrrole nitrogens is 1. The Hall–Kier alpha value is -2.50. The Balaban J connectivity index is 2.10. The fourth-order valence-electron chi connectivity index (χ4n) is 3.16. The highest BCUT2D eigenvalue weighted by atomic mass is 16.5. The van der Waals surface area contributed by atoms with Gasteiger partial charge in [-0.15, -0.1) is 0 Å². The van der Waals surface area contributed by atoms with Crippen molar-refractivity contribution < 1.29 is 14.3 Å². The summed E-state index contributed by atoms with van der Waals surface area (Å²) >= 11 is 0. The van der Waals surface area contributed by atoms with Gasteiger partial charge in [0.15, 0.2) is 0 Å². The smallest absolute Gasteiger partial charge is 0.267 e. The molecule has 2 aromatic rings. The molecule has 2 heterocycles. The van der Waals surface area contributed by atoms with Gasteiger partial charge < -0.3 is 20.4 Å². The lowest BCUT2D eigenvalue weighted by molar-refractivity contribution is -0.118. The molecule has 0 bridgehead atoms. The maximum absolute atomic E-state index is 12.2. The van der Waals surface area contributed by atoms with Gasteiger partial charge in [-0.2, -0.15) is 0 Å². The lowest BCUT2D eigenvalue weighted by Crippen LogP contribution is -2.24. The van der Waals surface area contributed by atoms with E-state index < -0.39 is 0 Å². The zero-order valence-electron chi connectivity index (χ0n) is 13.4. The number of carbonyl (C=O) groups is 2. The van der Waals surface area contributed by atoms with Gasteiger partial charge in [0.2, 0.25) is 5.91 Å². The maximum Gasteiger partial charge on any atom is 0.267 e. The van der Waals surface area contributed by atoms with Crippen LogP contribution in [0.15, 0.2) is 12.1 Å². The molecule has 2 amide bonds. The van der Waals surface area contributed by atoms with Crippen LogP contribution in [0.1, 0.15) is 35.0 Å². The summed E-state index contributed by atoms with van der Waals surface area (Å²) < 4.78 is 5.74. The molecule has 1 aromatic heterocycles. The predicted molar refractivity (Wildman–Crippen MR) is 87.9 cm³/mol. The molecule has 6 heteroatoms. The summed E-state index contributed by atoms with van der Waals surface area (Å²) in [6.07, 6.45) is 2.50. The lowest BCUT2D eigenvalue weighted by atomic mass is 9.97. The van der Waals surface area contributed by atoms with Gasteiger partial charge in [0.25, 0.3) is 5.91 Å². The monoisotopic (exact) mass is 315 g/mol. The van der Waals surface area contributed by atoms with Gasteiger partial charge in [-0.1, -0.05) is 0 Å². The number of nitrogens with one attached hydrogen (secondary N) is 3. The Labute approximate surface area is 134 Å². The molecular formula is C17H21N3O3. The molecule has 6 nitrogen and oxygen atoms in total. The molecule has 1 aromatic carbocycles. The molecule has 23 heavy (non-hydrogen) atoms. The molecule has 0 saturated heterocycles. The Morgan fingerprint density at radius 1 is 1.35 bits per heavy atom. The number of aromatic amines is 1. The molecule has 0 saturated carbocycles. The van der Waals surface area contributed by atoms with Gasteiger partial charge >= 0.3 is 0 Å². The molecule has 1 aliphatic heterocycles. The lowest BCUT2D eigenvalue weighted by Gasteiger charge is -2.18. The average molecular weight is 315 g/mol. The minimum Gasteiger partial charge on any atom is -0.493 e. The van der Waals surface area contributed by atoms with Crippen LogP contribution in [0.3, 0.4) is 0 Å². The van der Waals surface area contributed by atoms with E-state index in [1.165, 1.54) is 6.92 Å². The van der Waals surface area contributed by atoms with E-state index in [1.807, 2.05) is 12.1 Å². The zero-order chi connectivity index (χ0) is 16.4. The van der Waals surface area contributed by atoms with Crippen LogP contribution in [0, 0.1) is 0 Å². The van der Waals surface area contributed by atoms with E-state index in [-0.39, 0.29) is 11.8 Å². The van der Waals surface area contributed by atoms with Gasteiger partial charge in [-0.25, -0.2) is 0 Å². The molecule has 3 N–H and O–H groups in total. The number of fused-ring (bicyclic) bond motifs is 3. The number of carbonyl (C=O) groups excluding carboxylic acids is 2. The SMILES string of the molecule is CNC(=O)c1[nH]c2ccc3c(c2c1CCNC(C)=O)CCCO3. The molecule has 0 aliphatic carbocycles. The Kier molecular flexibility index (Phi) is 4.23. The first kappa shape index (κ1) is 15.4. The molecular weight excluding hydrogens is 294 g/mol. The first-order chi connectivity index (χ1) is 11.1. The summed E-state index contributed by atoms with van der Waals surface area (Å²) in [6, 6.07) is 3.91. The number of benzene rings is 1. The fraction of sp³-hybridized carbons (Fsp3) is 0.412. The van der Waals surface area contributed by atoms with Crippen molar-refractivity contribution in [3.05, 3.63) is 29.0 Å². The normalized spacial score (nSPS) is 13.3. The van der Waals surface area contributed by atoms with E-state index >= 15 is 0 Å². The Bertz CT molecular complexity index is 764. The summed E-state index contributed by atoms with van der Waals surface area (Å²) in [4.78, 5) is 26.6. The Morgan fingerprint density at radius 3 is 2.91 bits per heavy atom. The summed E-state index contributed by atoms with van der Waals surface area (Å²) in [5.41, 5.74) is 3.59. The highest BCUT2D eigenvalue weighted by Gasteiger charge is 2.22. The van der Waals surface area contributed by atoms with Crippen LogP contribution in [-0.4, -0.2) is 37.0 Å². The van der Waals surface area contributed by atoms with Crippen LogP contribution >= 0.6 is 0 Å². The van der Waals surface area contributed by atoms with Gasteiger partial charge in [0, 0.05) is 37.0 Å². The van der Waals surface area contributed by atoms with Crippen LogP contribution in [0.5, 0.6) is 5.75 Å². The van der Waals surface area contributed by atoms with Crippen LogP contribution < -0.4 is 15.4 Å². The molecule has 3 rings (SSSR count). The largest absolute Gasteiger partial charge is 0.493 e. The second kappa shape index (κ2) is 6.32. The van der Waals surface area contributed by atoms with Crippen LogP contribution in [0.4, 0.5) is 0 Å². The highest BCUT2D eigenvalue weighted by Crippen LogP contribution is 2.35. The van der Waals surface area contributed by atoms with E-state index in [1.54, 1.807) is 7.05 Å². The van der Waals surface area contributed by atoms with E-state index in [4.69, 9.17) is 4.74 Å². The molecule has 0 radical (unpaired) electrons.